The third-order valence-corrected chi connectivity index (χ3v) is 5.81. The van der Waals surface area contributed by atoms with Gasteiger partial charge in [0.05, 0.1) is 29.4 Å². The Hall–Kier alpha value is -3.12. The van der Waals surface area contributed by atoms with Gasteiger partial charge in [-0.3, -0.25) is 19.8 Å². The number of amides is 1. The highest BCUT2D eigenvalue weighted by molar-refractivity contribution is 8.04. The molecule has 0 saturated carbocycles. The number of nitrogens with zero attached hydrogens (tertiary/aromatic N) is 2. The first-order chi connectivity index (χ1) is 13.8. The van der Waals surface area contributed by atoms with Crippen molar-refractivity contribution in [1.29, 1.82) is 0 Å². The molecular formula is C17H16N2O9S. The lowest BCUT2D eigenvalue weighted by atomic mass is 9.94. The number of fused-ring (bicyclic) bond motifs is 1. The molecule has 0 spiro atoms. The van der Waals surface area contributed by atoms with E-state index >= 15 is 0 Å². The number of aliphatic hydroxyl groups is 1. The molecule has 0 aliphatic carbocycles. The second kappa shape index (κ2) is 8.49. The van der Waals surface area contributed by atoms with Crippen molar-refractivity contribution in [1.82, 2.24) is 4.90 Å². The third-order valence-electron chi connectivity index (χ3n) is 4.42. The molecule has 11 nitrogen and oxygen atoms in total. The minimum Gasteiger partial charge on any atom is -0.477 e. The number of carboxylic acids is 1. The molecular weight excluding hydrogens is 408 g/mol. The molecule has 0 bridgehead atoms. The molecule has 0 unspecified atom stereocenters. The maximum atomic E-state index is 12.2. The number of thioether (sulfide) groups is 1. The van der Waals surface area contributed by atoms with Crippen molar-refractivity contribution in [2.45, 2.75) is 18.4 Å². The number of rotatable bonds is 8. The molecule has 1 fully saturated rings. The fraction of sp³-hybridized carbons (Fsp3) is 0.353. The van der Waals surface area contributed by atoms with Gasteiger partial charge in [0.25, 0.3) is 5.69 Å². The summed E-state index contributed by atoms with van der Waals surface area (Å²) < 4.78 is 9.84. The Bertz CT molecular complexity index is 883. The standard InChI is InChI=1S/C17H16N2O9S/c20-7-12-13(16(22)23)18-14(21)11(15(18)29-12)5-6-27-17(24)28-8-9-1-3-10(4-2-9)19(25)26/h1-4,11,15,20H,5-8H2,(H,22,23)/t11-,15+/m0/s1. The lowest BCUT2D eigenvalue weighted by Crippen LogP contribution is -2.57. The lowest BCUT2D eigenvalue weighted by molar-refractivity contribution is -0.384. The zero-order valence-electron chi connectivity index (χ0n) is 14.8. The molecule has 29 heavy (non-hydrogen) atoms. The zero-order valence-corrected chi connectivity index (χ0v) is 15.7. The van der Waals surface area contributed by atoms with Crippen LogP contribution in [-0.2, 0) is 25.7 Å². The first kappa shape index (κ1) is 20.6. The van der Waals surface area contributed by atoms with Crippen molar-refractivity contribution < 1.29 is 39.0 Å². The Balaban J connectivity index is 1.42. The van der Waals surface area contributed by atoms with Gasteiger partial charge >= 0.3 is 12.1 Å². The molecule has 2 aliphatic rings. The largest absolute Gasteiger partial charge is 0.508 e. The van der Waals surface area contributed by atoms with Crippen LogP contribution in [-0.4, -0.2) is 56.7 Å². The van der Waals surface area contributed by atoms with Gasteiger partial charge in [-0.15, -0.1) is 0 Å². The second-order valence-corrected chi connectivity index (χ2v) is 7.37. The molecule has 2 aliphatic heterocycles. The zero-order chi connectivity index (χ0) is 21.1. The minimum atomic E-state index is -1.28. The van der Waals surface area contributed by atoms with Crippen LogP contribution in [0.25, 0.3) is 0 Å². The number of hydrogen-bond donors (Lipinski definition) is 2. The van der Waals surface area contributed by atoms with Crippen molar-refractivity contribution in [2.24, 2.45) is 5.92 Å². The number of carbonyl (C=O) groups excluding carboxylic acids is 2. The number of hydrogen-bond acceptors (Lipinski definition) is 9. The number of carboxylic acid groups (broad SMARTS) is 1. The fourth-order valence-corrected chi connectivity index (χ4v) is 4.39. The molecule has 2 heterocycles. The molecule has 12 heteroatoms. The molecule has 1 saturated heterocycles. The van der Waals surface area contributed by atoms with E-state index in [1.54, 1.807) is 0 Å². The molecule has 2 N–H and O–H groups in total. The van der Waals surface area contributed by atoms with E-state index < -0.39 is 40.9 Å². The van der Waals surface area contributed by atoms with E-state index in [-0.39, 0.29) is 35.9 Å². The average molecular weight is 424 g/mol. The van der Waals surface area contributed by atoms with Crippen LogP contribution in [0.15, 0.2) is 34.9 Å². The number of carbonyl (C=O) groups is 3. The molecule has 2 atom stereocenters. The van der Waals surface area contributed by atoms with Gasteiger partial charge < -0.3 is 19.7 Å². The van der Waals surface area contributed by atoms with Gasteiger partial charge in [0, 0.05) is 17.0 Å². The number of nitro benzene ring substituents is 1. The normalized spacial score (nSPS) is 20.2. The summed E-state index contributed by atoms with van der Waals surface area (Å²) in [5.74, 6) is -2.20. The van der Waals surface area contributed by atoms with Crippen molar-refractivity contribution >= 4 is 35.5 Å². The lowest BCUT2D eigenvalue weighted by Gasteiger charge is -2.42. The topological polar surface area (TPSA) is 157 Å². The van der Waals surface area contributed by atoms with E-state index in [0.29, 0.717) is 5.56 Å². The third kappa shape index (κ3) is 4.17. The van der Waals surface area contributed by atoms with E-state index in [2.05, 4.69) is 0 Å². The Morgan fingerprint density at radius 2 is 1.93 bits per heavy atom. The Kier molecular flexibility index (Phi) is 6.03. The number of aliphatic carboxylic acids is 1. The minimum absolute atomic E-state index is 0.0785. The van der Waals surface area contributed by atoms with Gasteiger partial charge in [-0.05, 0) is 24.1 Å². The number of nitro groups is 1. The maximum absolute atomic E-state index is 12.2. The quantitative estimate of drug-likeness (QED) is 0.271. The Morgan fingerprint density at radius 3 is 2.52 bits per heavy atom. The predicted octanol–water partition coefficient (Wildman–Crippen LogP) is 1.46. The van der Waals surface area contributed by atoms with Gasteiger partial charge in [0.2, 0.25) is 5.91 Å². The van der Waals surface area contributed by atoms with Crippen molar-refractivity contribution in [3.8, 4) is 0 Å². The summed E-state index contributed by atoms with van der Waals surface area (Å²) in [6.45, 7) is -0.695. The number of β-lactam (4-membered cyclic amide) rings is 1. The van der Waals surface area contributed by atoms with E-state index in [4.69, 9.17) is 9.47 Å². The highest BCUT2D eigenvalue weighted by atomic mass is 32.2. The number of ether oxygens (including phenoxy) is 2. The summed E-state index contributed by atoms with van der Waals surface area (Å²) in [5.41, 5.74) is 0.265. The average Bonchev–Trinajstić information content (AvgIpc) is 3.05. The number of benzene rings is 1. The summed E-state index contributed by atoms with van der Waals surface area (Å²) in [4.78, 5) is 46.5. The van der Waals surface area contributed by atoms with Crippen molar-refractivity contribution in [2.75, 3.05) is 13.2 Å². The van der Waals surface area contributed by atoms with Crippen LogP contribution in [0.4, 0.5) is 10.5 Å². The van der Waals surface area contributed by atoms with E-state index in [9.17, 15) is 34.7 Å². The molecule has 3 rings (SSSR count). The highest BCUT2D eigenvalue weighted by Crippen LogP contribution is 2.49. The van der Waals surface area contributed by atoms with Gasteiger partial charge in [0.15, 0.2) is 0 Å². The number of aliphatic hydroxyl groups excluding tert-OH is 1. The summed E-state index contributed by atoms with van der Waals surface area (Å²) >= 11 is 1.11. The first-order valence-electron chi connectivity index (χ1n) is 8.43. The molecule has 1 aromatic rings. The molecule has 154 valence electrons. The van der Waals surface area contributed by atoms with Crippen LogP contribution >= 0.6 is 11.8 Å². The maximum Gasteiger partial charge on any atom is 0.508 e. The van der Waals surface area contributed by atoms with Crippen LogP contribution in [0.5, 0.6) is 0 Å². The highest BCUT2D eigenvalue weighted by Gasteiger charge is 2.55. The van der Waals surface area contributed by atoms with Crippen LogP contribution in [0.3, 0.4) is 0 Å². The van der Waals surface area contributed by atoms with E-state index in [0.717, 1.165) is 16.7 Å². The predicted molar refractivity (Wildman–Crippen MR) is 97.3 cm³/mol. The molecule has 0 aromatic heterocycles. The van der Waals surface area contributed by atoms with Gasteiger partial charge in [-0.1, -0.05) is 11.8 Å². The summed E-state index contributed by atoms with van der Waals surface area (Å²) in [6, 6.07) is 5.49. The first-order valence-corrected chi connectivity index (χ1v) is 9.31. The van der Waals surface area contributed by atoms with Crippen LogP contribution in [0.2, 0.25) is 0 Å². The van der Waals surface area contributed by atoms with Gasteiger partial charge in [-0.2, -0.15) is 0 Å². The van der Waals surface area contributed by atoms with Crippen molar-refractivity contribution in [3.05, 3.63) is 50.5 Å². The summed E-state index contributed by atoms with van der Waals surface area (Å²) in [7, 11) is 0. The fourth-order valence-electron chi connectivity index (χ4n) is 3.00. The van der Waals surface area contributed by atoms with Gasteiger partial charge in [0.1, 0.15) is 12.3 Å². The summed E-state index contributed by atoms with van der Waals surface area (Å²) in [6.07, 6.45) is -0.767. The van der Waals surface area contributed by atoms with E-state index in [1.807, 2.05) is 0 Å². The monoisotopic (exact) mass is 424 g/mol. The molecule has 1 aromatic carbocycles. The second-order valence-electron chi connectivity index (χ2n) is 6.16. The van der Waals surface area contributed by atoms with Crippen molar-refractivity contribution in [3.63, 3.8) is 0 Å². The summed E-state index contributed by atoms with van der Waals surface area (Å²) in [5, 5.41) is 28.6. The van der Waals surface area contributed by atoms with E-state index in [1.165, 1.54) is 24.3 Å². The Labute approximate surface area is 168 Å². The van der Waals surface area contributed by atoms with Gasteiger partial charge in [-0.25, -0.2) is 9.59 Å². The number of non-ortho nitro benzene ring substituents is 1. The van der Waals surface area contributed by atoms with Crippen LogP contribution < -0.4 is 0 Å². The van der Waals surface area contributed by atoms with Crippen LogP contribution in [0.1, 0.15) is 12.0 Å². The van der Waals surface area contributed by atoms with Crippen LogP contribution in [0, 0.1) is 16.0 Å². The Morgan fingerprint density at radius 1 is 1.24 bits per heavy atom. The SMILES string of the molecule is O=C(OCC[C@H]1C(=O)N2C(C(=O)O)=C(CO)S[C@H]12)OCc1ccc([N+](=O)[O-])cc1. The molecule has 0 radical (unpaired) electrons. The molecule has 1 amide bonds. The smallest absolute Gasteiger partial charge is 0.477 e.